The second kappa shape index (κ2) is 9.11. The number of halogens is 2. The first-order chi connectivity index (χ1) is 13.9. The van der Waals surface area contributed by atoms with Crippen molar-refractivity contribution in [3.63, 3.8) is 0 Å². The van der Waals surface area contributed by atoms with Crippen LogP contribution in [0.25, 0.3) is 0 Å². The zero-order valence-electron chi connectivity index (χ0n) is 17.0. The smallest absolute Gasteiger partial charge is 0.267 e. The second-order valence-electron chi connectivity index (χ2n) is 7.55. The van der Waals surface area contributed by atoms with Gasteiger partial charge < -0.3 is 15.2 Å². The number of hydrogen-bond acceptors (Lipinski definition) is 3. The molecule has 1 aliphatic rings. The van der Waals surface area contributed by atoms with Crippen LogP contribution in [0.3, 0.4) is 0 Å². The Morgan fingerprint density at radius 3 is 2.66 bits per heavy atom. The van der Waals surface area contributed by atoms with Crippen molar-refractivity contribution in [1.82, 2.24) is 9.88 Å². The minimum atomic E-state index is -0.313. The van der Waals surface area contributed by atoms with Gasteiger partial charge in [0.1, 0.15) is 10.3 Å². The lowest BCUT2D eigenvalue weighted by Gasteiger charge is -2.35. The molecule has 0 radical (unpaired) electrons. The zero-order chi connectivity index (χ0) is 21.1. The van der Waals surface area contributed by atoms with Gasteiger partial charge in [0.05, 0.1) is 17.3 Å². The third kappa shape index (κ3) is 4.25. The zero-order valence-corrected chi connectivity index (χ0v) is 18.6. The molecule has 0 bridgehead atoms. The molecular formula is C22H27BrFN3O2. The van der Waals surface area contributed by atoms with E-state index in [1.165, 1.54) is 12.1 Å². The second-order valence-corrected chi connectivity index (χ2v) is 8.35. The molecule has 5 nitrogen and oxygen atoms in total. The molecule has 0 spiro atoms. The largest absolute Gasteiger partial charge is 0.386 e. The molecule has 3 rings (SSSR count). The van der Waals surface area contributed by atoms with Crippen LogP contribution in [0.1, 0.15) is 60.3 Å². The molecule has 1 saturated carbocycles. The van der Waals surface area contributed by atoms with Crippen LogP contribution in [0.15, 0.2) is 33.5 Å². The monoisotopic (exact) mass is 463 g/mol. The Kier molecular flexibility index (Phi) is 6.77. The fourth-order valence-electron chi connectivity index (χ4n) is 3.97. The number of carbonyl (C=O) groups excluding carboxylic acids is 1. The van der Waals surface area contributed by atoms with Crippen molar-refractivity contribution in [2.24, 2.45) is 5.92 Å². The van der Waals surface area contributed by atoms with Gasteiger partial charge in [0.25, 0.3) is 11.5 Å². The van der Waals surface area contributed by atoms with E-state index in [2.05, 4.69) is 26.6 Å². The van der Waals surface area contributed by atoms with Gasteiger partial charge in [-0.3, -0.25) is 9.59 Å². The molecule has 1 atom stereocenters. The number of nitrogens with one attached hydrogen (secondary N) is 2. The SMILES string of the molecule is CCCn1c(C)c(C(=O)N[C@H](c2cccc(F)c2)C2CCC2)c(NC)c(Br)c1=O. The van der Waals surface area contributed by atoms with Gasteiger partial charge in [0.15, 0.2) is 0 Å². The summed E-state index contributed by atoms with van der Waals surface area (Å²) < 4.78 is 15.8. The summed E-state index contributed by atoms with van der Waals surface area (Å²) in [6.45, 7) is 4.31. The van der Waals surface area contributed by atoms with Gasteiger partial charge >= 0.3 is 0 Å². The third-order valence-electron chi connectivity index (χ3n) is 5.71. The lowest BCUT2D eigenvalue weighted by atomic mass is 9.77. The van der Waals surface area contributed by atoms with Crippen LogP contribution in [0, 0.1) is 18.7 Å². The van der Waals surface area contributed by atoms with E-state index in [1.54, 1.807) is 24.6 Å². The fraction of sp³-hybridized carbons (Fsp3) is 0.455. The predicted molar refractivity (Wildman–Crippen MR) is 117 cm³/mol. The topological polar surface area (TPSA) is 63.1 Å². The molecule has 2 N–H and O–H groups in total. The molecule has 1 amide bonds. The first-order valence-electron chi connectivity index (χ1n) is 10.1. The van der Waals surface area contributed by atoms with E-state index in [0.29, 0.717) is 28.0 Å². The molecule has 2 aromatic rings. The Bertz CT molecular complexity index is 969. The highest BCUT2D eigenvalue weighted by Crippen LogP contribution is 2.38. The van der Waals surface area contributed by atoms with Crippen LogP contribution in [-0.4, -0.2) is 17.5 Å². The number of amides is 1. The lowest BCUT2D eigenvalue weighted by molar-refractivity contribution is 0.0899. The van der Waals surface area contributed by atoms with Gasteiger partial charge in [-0.1, -0.05) is 25.5 Å². The van der Waals surface area contributed by atoms with Gasteiger partial charge in [-0.15, -0.1) is 0 Å². The fourth-order valence-corrected chi connectivity index (χ4v) is 4.58. The van der Waals surface area contributed by atoms with E-state index < -0.39 is 0 Å². The van der Waals surface area contributed by atoms with Crippen molar-refractivity contribution < 1.29 is 9.18 Å². The summed E-state index contributed by atoms with van der Waals surface area (Å²) in [5.41, 5.74) is 2.14. The van der Waals surface area contributed by atoms with Crippen molar-refractivity contribution >= 4 is 27.5 Å². The molecule has 1 heterocycles. The van der Waals surface area contributed by atoms with E-state index in [9.17, 15) is 14.0 Å². The van der Waals surface area contributed by atoms with Crippen molar-refractivity contribution in [1.29, 1.82) is 0 Å². The molecule has 0 aliphatic heterocycles. The van der Waals surface area contributed by atoms with E-state index >= 15 is 0 Å². The maximum absolute atomic E-state index is 13.8. The Labute approximate surface area is 178 Å². The van der Waals surface area contributed by atoms with Crippen LogP contribution in [0.2, 0.25) is 0 Å². The third-order valence-corrected chi connectivity index (χ3v) is 6.44. The number of rotatable bonds is 7. The van der Waals surface area contributed by atoms with Crippen LogP contribution >= 0.6 is 15.9 Å². The van der Waals surface area contributed by atoms with E-state index in [-0.39, 0.29) is 29.2 Å². The summed E-state index contributed by atoms with van der Waals surface area (Å²) >= 11 is 3.36. The summed E-state index contributed by atoms with van der Waals surface area (Å²) in [7, 11) is 1.69. The minimum Gasteiger partial charge on any atom is -0.386 e. The summed E-state index contributed by atoms with van der Waals surface area (Å²) in [5, 5.41) is 6.12. The highest BCUT2D eigenvalue weighted by Gasteiger charge is 2.32. The number of anilines is 1. The normalized spacial score (nSPS) is 14.9. The van der Waals surface area contributed by atoms with Gasteiger partial charge in [0, 0.05) is 19.3 Å². The molecule has 0 saturated heterocycles. The molecule has 1 fully saturated rings. The number of benzene rings is 1. The van der Waals surface area contributed by atoms with Gasteiger partial charge in [-0.05, 0) is 65.7 Å². The Hall–Kier alpha value is -2.15. The lowest BCUT2D eigenvalue weighted by Crippen LogP contribution is -2.38. The summed E-state index contributed by atoms with van der Waals surface area (Å²) in [6, 6.07) is 6.16. The molecule has 29 heavy (non-hydrogen) atoms. The molecular weight excluding hydrogens is 437 g/mol. The average Bonchev–Trinajstić information content (AvgIpc) is 2.65. The average molecular weight is 464 g/mol. The van der Waals surface area contributed by atoms with Crippen LogP contribution in [0.4, 0.5) is 10.1 Å². The number of carbonyl (C=O) groups is 1. The standard InChI is InChI=1S/C22H27BrFN3O2/c1-4-11-27-13(2)17(20(25-3)18(23)22(27)29)21(28)26-19(14-7-5-8-14)15-9-6-10-16(24)12-15/h6,9-10,12,14,19,25H,4-5,7-8,11H2,1-3H3,(H,26,28)/t19-/m0/s1. The number of nitrogens with zero attached hydrogens (tertiary/aromatic N) is 1. The maximum atomic E-state index is 13.8. The first kappa shape index (κ1) is 21.6. The van der Waals surface area contributed by atoms with Crippen LogP contribution in [0.5, 0.6) is 0 Å². The van der Waals surface area contributed by atoms with Gasteiger partial charge in [0.2, 0.25) is 0 Å². The van der Waals surface area contributed by atoms with Gasteiger partial charge in [-0.2, -0.15) is 0 Å². The molecule has 7 heteroatoms. The quantitative estimate of drug-likeness (QED) is 0.620. The van der Waals surface area contributed by atoms with Crippen molar-refractivity contribution in [3.05, 3.63) is 61.7 Å². The van der Waals surface area contributed by atoms with E-state index in [1.807, 2.05) is 13.0 Å². The molecule has 0 unspecified atom stereocenters. The molecule has 156 valence electrons. The van der Waals surface area contributed by atoms with E-state index in [0.717, 1.165) is 31.2 Å². The summed E-state index contributed by atoms with van der Waals surface area (Å²) in [4.78, 5) is 26.1. The Morgan fingerprint density at radius 2 is 2.10 bits per heavy atom. The molecule has 1 aliphatic carbocycles. The minimum absolute atomic E-state index is 0.161. The summed E-state index contributed by atoms with van der Waals surface area (Å²) in [6.07, 6.45) is 3.89. The molecule has 1 aromatic heterocycles. The number of pyridine rings is 1. The van der Waals surface area contributed by atoms with Crippen molar-refractivity contribution in [2.75, 3.05) is 12.4 Å². The summed E-state index contributed by atoms with van der Waals surface area (Å²) in [5.74, 6) is -0.296. The van der Waals surface area contributed by atoms with Crippen molar-refractivity contribution in [3.8, 4) is 0 Å². The number of aromatic nitrogens is 1. The van der Waals surface area contributed by atoms with Crippen LogP contribution < -0.4 is 16.2 Å². The first-order valence-corrected chi connectivity index (χ1v) is 10.8. The van der Waals surface area contributed by atoms with Gasteiger partial charge in [-0.25, -0.2) is 4.39 Å². The predicted octanol–water partition coefficient (Wildman–Crippen LogP) is 4.78. The number of hydrogen-bond donors (Lipinski definition) is 2. The van der Waals surface area contributed by atoms with Crippen molar-refractivity contribution in [2.45, 2.75) is 52.1 Å². The highest BCUT2D eigenvalue weighted by molar-refractivity contribution is 9.10. The van der Waals surface area contributed by atoms with E-state index in [4.69, 9.17) is 0 Å². The molecule has 1 aromatic carbocycles. The maximum Gasteiger partial charge on any atom is 0.267 e. The Morgan fingerprint density at radius 1 is 1.38 bits per heavy atom. The Balaban J connectivity index is 2.03. The van der Waals surface area contributed by atoms with Crippen LogP contribution in [-0.2, 0) is 6.54 Å². The highest BCUT2D eigenvalue weighted by atomic mass is 79.9.